The molecule has 0 saturated heterocycles. The molecule has 174 valence electrons. The van der Waals surface area contributed by atoms with E-state index in [4.69, 9.17) is 38.4 Å². The molecule has 0 unspecified atom stereocenters. The van der Waals surface area contributed by atoms with Gasteiger partial charge in [-0.05, 0) is 36.4 Å². The molecular formula is C24H20Cl2N4O4. The highest BCUT2D eigenvalue weighted by Crippen LogP contribution is 2.35. The van der Waals surface area contributed by atoms with Crippen molar-refractivity contribution in [2.24, 2.45) is 5.73 Å². The molecule has 34 heavy (non-hydrogen) atoms. The average molecular weight is 499 g/mol. The minimum absolute atomic E-state index is 0.0395. The van der Waals surface area contributed by atoms with E-state index in [1.54, 1.807) is 41.0 Å². The minimum Gasteiger partial charge on any atom is -0.493 e. The predicted octanol–water partition coefficient (Wildman–Crippen LogP) is 4.52. The number of nitrogens with two attached hydrogens (primary N) is 1. The van der Waals surface area contributed by atoms with Crippen molar-refractivity contribution in [3.63, 3.8) is 0 Å². The fourth-order valence-electron chi connectivity index (χ4n) is 3.48. The lowest BCUT2D eigenvalue weighted by molar-refractivity contribution is -0.120. The summed E-state index contributed by atoms with van der Waals surface area (Å²) in [5.74, 6) is 0.254. The number of carbonyl (C=O) groups is 2. The number of halogens is 2. The lowest BCUT2D eigenvalue weighted by Gasteiger charge is -2.14. The van der Waals surface area contributed by atoms with E-state index in [2.05, 4.69) is 10.3 Å². The van der Waals surface area contributed by atoms with E-state index in [1.807, 2.05) is 24.3 Å². The Bertz CT molecular complexity index is 1390. The molecule has 0 fully saturated rings. The first-order chi connectivity index (χ1) is 16.4. The van der Waals surface area contributed by atoms with Crippen LogP contribution in [0.4, 0.5) is 5.69 Å². The van der Waals surface area contributed by atoms with Gasteiger partial charge in [-0.3, -0.25) is 9.59 Å². The predicted molar refractivity (Wildman–Crippen MR) is 132 cm³/mol. The van der Waals surface area contributed by atoms with E-state index >= 15 is 0 Å². The summed E-state index contributed by atoms with van der Waals surface area (Å²) in [6.07, 6.45) is 0. The molecule has 0 bridgehead atoms. The summed E-state index contributed by atoms with van der Waals surface area (Å²) in [4.78, 5) is 28.8. The molecule has 0 spiro atoms. The maximum atomic E-state index is 13.0. The molecular weight excluding hydrogens is 479 g/mol. The quantitative estimate of drug-likeness (QED) is 0.371. The first kappa shape index (κ1) is 23.4. The number of amides is 2. The normalized spacial score (nSPS) is 10.8. The zero-order chi connectivity index (χ0) is 24.2. The fourth-order valence-corrected chi connectivity index (χ4v) is 3.86. The molecule has 1 heterocycles. The van der Waals surface area contributed by atoms with Crippen LogP contribution in [0.1, 0.15) is 0 Å². The van der Waals surface area contributed by atoms with E-state index in [0.717, 1.165) is 5.52 Å². The van der Waals surface area contributed by atoms with Gasteiger partial charge in [-0.2, -0.15) is 0 Å². The molecule has 1 aromatic heterocycles. The lowest BCUT2D eigenvalue weighted by Crippen LogP contribution is -2.21. The number of hydrogen-bond donors (Lipinski definition) is 2. The van der Waals surface area contributed by atoms with Crippen LogP contribution in [0.15, 0.2) is 60.7 Å². The van der Waals surface area contributed by atoms with Crippen LogP contribution >= 0.6 is 23.2 Å². The highest BCUT2D eigenvalue weighted by molar-refractivity contribution is 6.43. The molecule has 0 aliphatic heterocycles. The molecule has 0 aliphatic rings. The Labute approximate surface area is 205 Å². The number of ether oxygens (including phenoxy) is 2. The Morgan fingerprint density at radius 3 is 2.62 bits per heavy atom. The van der Waals surface area contributed by atoms with Gasteiger partial charge in [-0.1, -0.05) is 41.4 Å². The third-order valence-corrected chi connectivity index (χ3v) is 5.78. The number of methoxy groups -OCH3 is 1. The van der Waals surface area contributed by atoms with E-state index in [0.29, 0.717) is 38.4 Å². The summed E-state index contributed by atoms with van der Waals surface area (Å²) < 4.78 is 12.4. The lowest BCUT2D eigenvalue weighted by atomic mass is 10.2. The second kappa shape index (κ2) is 10.0. The van der Waals surface area contributed by atoms with Crippen LogP contribution in [0, 0.1) is 0 Å². The largest absolute Gasteiger partial charge is 0.493 e. The number of anilines is 1. The first-order valence-electron chi connectivity index (χ1n) is 10.2. The monoisotopic (exact) mass is 498 g/mol. The van der Waals surface area contributed by atoms with Crippen LogP contribution in [-0.2, 0) is 16.1 Å². The highest BCUT2D eigenvalue weighted by atomic mass is 35.5. The number of nitrogens with zero attached hydrogens (tertiary/aromatic N) is 2. The molecule has 8 nitrogen and oxygen atoms in total. The first-order valence-corrected chi connectivity index (χ1v) is 10.9. The summed E-state index contributed by atoms with van der Waals surface area (Å²) in [6.45, 7) is -0.360. The van der Waals surface area contributed by atoms with Gasteiger partial charge in [0.1, 0.15) is 12.4 Å². The molecule has 0 saturated carbocycles. The fraction of sp³-hybridized carbons (Fsp3) is 0.125. The van der Waals surface area contributed by atoms with E-state index in [1.165, 1.54) is 7.11 Å². The van der Waals surface area contributed by atoms with Gasteiger partial charge in [0.05, 0.1) is 28.2 Å². The Balaban J connectivity index is 1.64. The van der Waals surface area contributed by atoms with Crippen LogP contribution in [0.25, 0.3) is 22.4 Å². The molecule has 4 rings (SSSR count). The topological polar surface area (TPSA) is 108 Å². The maximum absolute atomic E-state index is 13.0. The van der Waals surface area contributed by atoms with Gasteiger partial charge < -0.3 is 25.1 Å². The third kappa shape index (κ3) is 4.93. The van der Waals surface area contributed by atoms with Crippen molar-refractivity contribution in [3.8, 4) is 22.9 Å². The molecule has 2 amide bonds. The van der Waals surface area contributed by atoms with Crippen LogP contribution in [0.5, 0.6) is 11.5 Å². The van der Waals surface area contributed by atoms with Crippen molar-refractivity contribution in [2.75, 3.05) is 19.0 Å². The maximum Gasteiger partial charge on any atom is 0.255 e. The molecule has 10 heteroatoms. The Morgan fingerprint density at radius 2 is 1.85 bits per heavy atom. The van der Waals surface area contributed by atoms with Crippen LogP contribution < -0.4 is 20.5 Å². The van der Waals surface area contributed by atoms with Crippen molar-refractivity contribution in [1.82, 2.24) is 9.55 Å². The SMILES string of the molecule is COc1ccc(NC(=O)Cn2c(-c3cccc(Cl)c3Cl)nc3ccccc32)cc1OCC(N)=O. The standard InChI is InChI=1S/C24H20Cl2N4O4/c1-33-19-10-9-14(11-20(19)34-13-21(27)31)28-22(32)12-30-18-8-3-2-7-17(18)29-24(30)15-5-4-6-16(25)23(15)26/h2-11H,12-13H2,1H3,(H2,27,31)(H,28,32). The van der Waals surface area contributed by atoms with E-state index < -0.39 is 5.91 Å². The van der Waals surface area contributed by atoms with Gasteiger partial charge in [0.2, 0.25) is 5.91 Å². The third-order valence-electron chi connectivity index (χ3n) is 4.97. The van der Waals surface area contributed by atoms with Gasteiger partial charge in [0, 0.05) is 17.3 Å². The van der Waals surface area contributed by atoms with Gasteiger partial charge in [0.15, 0.2) is 18.1 Å². The summed E-state index contributed by atoms with van der Waals surface area (Å²) in [7, 11) is 1.47. The van der Waals surface area contributed by atoms with Crippen LogP contribution in [-0.4, -0.2) is 35.1 Å². The van der Waals surface area contributed by atoms with Crippen molar-refractivity contribution < 1.29 is 19.1 Å². The summed E-state index contributed by atoms with van der Waals surface area (Å²) >= 11 is 12.7. The number of benzene rings is 3. The molecule has 0 radical (unpaired) electrons. The summed E-state index contributed by atoms with van der Waals surface area (Å²) in [5.41, 5.74) is 7.71. The number of para-hydroxylation sites is 2. The zero-order valence-corrected chi connectivity index (χ0v) is 19.6. The molecule has 3 N–H and O–H groups in total. The smallest absolute Gasteiger partial charge is 0.255 e. The van der Waals surface area contributed by atoms with Gasteiger partial charge in [-0.15, -0.1) is 0 Å². The van der Waals surface area contributed by atoms with Crippen molar-refractivity contribution >= 4 is 51.7 Å². The van der Waals surface area contributed by atoms with Crippen molar-refractivity contribution in [1.29, 1.82) is 0 Å². The number of fused-ring (bicyclic) bond motifs is 1. The molecule has 0 atom stereocenters. The second-order valence-corrected chi connectivity index (χ2v) is 8.07. The van der Waals surface area contributed by atoms with E-state index in [9.17, 15) is 9.59 Å². The van der Waals surface area contributed by atoms with Gasteiger partial charge in [-0.25, -0.2) is 4.98 Å². The van der Waals surface area contributed by atoms with Gasteiger partial charge >= 0.3 is 0 Å². The minimum atomic E-state index is -0.629. The Hall–Kier alpha value is -3.75. The van der Waals surface area contributed by atoms with Gasteiger partial charge in [0.25, 0.3) is 5.91 Å². The molecule has 0 aliphatic carbocycles. The number of primary amides is 1. The van der Waals surface area contributed by atoms with Crippen LogP contribution in [0.2, 0.25) is 10.0 Å². The number of rotatable bonds is 8. The number of imidazole rings is 1. The Morgan fingerprint density at radius 1 is 1.06 bits per heavy atom. The second-order valence-electron chi connectivity index (χ2n) is 7.28. The average Bonchev–Trinajstić information content (AvgIpc) is 3.17. The molecule has 4 aromatic rings. The number of nitrogens with one attached hydrogen (secondary N) is 1. The number of aromatic nitrogens is 2. The summed E-state index contributed by atoms with van der Waals surface area (Å²) in [5, 5.41) is 3.58. The molecule has 3 aromatic carbocycles. The van der Waals surface area contributed by atoms with Crippen LogP contribution in [0.3, 0.4) is 0 Å². The number of carbonyl (C=O) groups excluding carboxylic acids is 2. The van der Waals surface area contributed by atoms with Crippen molar-refractivity contribution in [2.45, 2.75) is 6.54 Å². The highest BCUT2D eigenvalue weighted by Gasteiger charge is 2.19. The zero-order valence-electron chi connectivity index (χ0n) is 18.0. The summed E-state index contributed by atoms with van der Waals surface area (Å²) in [6, 6.07) is 17.6. The van der Waals surface area contributed by atoms with Crippen molar-refractivity contribution in [3.05, 3.63) is 70.7 Å². The van der Waals surface area contributed by atoms with E-state index in [-0.39, 0.29) is 24.8 Å². The number of hydrogen-bond acceptors (Lipinski definition) is 5. The Kier molecular flexibility index (Phi) is 6.90.